The summed E-state index contributed by atoms with van der Waals surface area (Å²) in [6.07, 6.45) is 3.11. The summed E-state index contributed by atoms with van der Waals surface area (Å²) in [5.41, 5.74) is 3.68. The molecule has 4 heteroatoms. The molecule has 0 radical (unpaired) electrons. The van der Waals surface area contributed by atoms with E-state index in [1.165, 1.54) is 22.2 Å². The van der Waals surface area contributed by atoms with E-state index in [0.29, 0.717) is 6.54 Å². The van der Waals surface area contributed by atoms with Gasteiger partial charge in [0.2, 0.25) is 0 Å². The Bertz CT molecular complexity index is 653. The number of aromatic nitrogens is 1. The zero-order chi connectivity index (χ0) is 15.5. The first-order chi connectivity index (χ1) is 10.6. The van der Waals surface area contributed by atoms with E-state index in [-0.39, 0.29) is 6.03 Å². The number of para-hydroxylation sites is 1. The molecule has 118 valence electrons. The quantitative estimate of drug-likeness (QED) is 0.896. The van der Waals surface area contributed by atoms with Crippen LogP contribution in [0.3, 0.4) is 0 Å². The molecule has 0 saturated carbocycles. The number of hydrogen-bond donors (Lipinski definition) is 2. The second-order valence-corrected chi connectivity index (χ2v) is 6.43. The Balaban J connectivity index is 1.56. The number of H-pyrrole nitrogens is 1. The number of piperidine rings is 1. The molecular formula is C18H25N3O. The summed E-state index contributed by atoms with van der Waals surface area (Å²) in [5.74, 6) is 0.748. The smallest absolute Gasteiger partial charge is 0.317 e. The van der Waals surface area contributed by atoms with Crippen LogP contribution >= 0.6 is 0 Å². The molecule has 2 aromatic rings. The third kappa shape index (κ3) is 3.11. The Morgan fingerprint density at radius 1 is 1.32 bits per heavy atom. The highest BCUT2D eigenvalue weighted by Gasteiger charge is 2.19. The number of carbonyl (C=O) groups is 1. The first-order valence-electron chi connectivity index (χ1n) is 8.24. The van der Waals surface area contributed by atoms with Crippen LogP contribution in [0.1, 0.15) is 31.0 Å². The van der Waals surface area contributed by atoms with Crippen molar-refractivity contribution < 1.29 is 4.79 Å². The molecule has 0 aliphatic carbocycles. The van der Waals surface area contributed by atoms with E-state index in [9.17, 15) is 4.79 Å². The van der Waals surface area contributed by atoms with Crippen molar-refractivity contribution in [2.45, 2.75) is 33.1 Å². The van der Waals surface area contributed by atoms with Gasteiger partial charge in [-0.05, 0) is 43.7 Å². The van der Waals surface area contributed by atoms with Gasteiger partial charge in [-0.15, -0.1) is 0 Å². The predicted octanol–water partition coefficient (Wildman–Crippen LogP) is 3.46. The third-order valence-electron chi connectivity index (χ3n) is 4.75. The Morgan fingerprint density at radius 2 is 2.05 bits per heavy atom. The second-order valence-electron chi connectivity index (χ2n) is 6.43. The van der Waals surface area contributed by atoms with E-state index >= 15 is 0 Å². The lowest BCUT2D eigenvalue weighted by molar-refractivity contribution is 0.174. The van der Waals surface area contributed by atoms with Crippen molar-refractivity contribution in [1.82, 2.24) is 15.2 Å². The van der Waals surface area contributed by atoms with Crippen molar-refractivity contribution in [2.75, 3.05) is 19.6 Å². The summed E-state index contributed by atoms with van der Waals surface area (Å²) in [7, 11) is 0. The molecule has 2 amide bonds. The number of nitrogens with zero attached hydrogens (tertiary/aromatic N) is 1. The number of aryl methyl sites for hydroxylation is 1. The Morgan fingerprint density at radius 3 is 2.82 bits per heavy atom. The standard InChI is InChI=1S/C18H25N3O/c1-13-8-11-21(12-9-13)18(22)19-10-7-15-14(2)20-17-6-4-3-5-16(15)17/h3-6,13,20H,7-12H2,1-2H3,(H,19,22). The van der Waals surface area contributed by atoms with Gasteiger partial charge in [-0.25, -0.2) is 4.79 Å². The molecule has 0 unspecified atom stereocenters. The van der Waals surface area contributed by atoms with E-state index in [2.05, 4.69) is 42.3 Å². The van der Waals surface area contributed by atoms with Crippen LogP contribution in [0.5, 0.6) is 0 Å². The van der Waals surface area contributed by atoms with Gasteiger partial charge in [0.15, 0.2) is 0 Å². The third-order valence-corrected chi connectivity index (χ3v) is 4.75. The Kier molecular flexibility index (Phi) is 4.36. The number of rotatable bonds is 3. The molecule has 0 spiro atoms. The number of likely N-dealkylation sites (tertiary alicyclic amines) is 1. The van der Waals surface area contributed by atoms with Gasteiger partial charge in [-0.2, -0.15) is 0 Å². The molecule has 1 aliphatic rings. The lowest BCUT2D eigenvalue weighted by Crippen LogP contribution is -2.44. The molecule has 3 rings (SSSR count). The van der Waals surface area contributed by atoms with Crippen molar-refractivity contribution >= 4 is 16.9 Å². The monoisotopic (exact) mass is 299 g/mol. The fourth-order valence-electron chi connectivity index (χ4n) is 3.27. The Hall–Kier alpha value is -1.97. The van der Waals surface area contributed by atoms with Gasteiger partial charge in [0.25, 0.3) is 0 Å². The van der Waals surface area contributed by atoms with Crippen LogP contribution in [0.15, 0.2) is 24.3 Å². The van der Waals surface area contributed by atoms with Crippen molar-refractivity contribution in [3.8, 4) is 0 Å². The van der Waals surface area contributed by atoms with Crippen LogP contribution in [-0.2, 0) is 6.42 Å². The fourth-order valence-corrected chi connectivity index (χ4v) is 3.27. The van der Waals surface area contributed by atoms with Crippen molar-refractivity contribution in [3.05, 3.63) is 35.5 Å². The molecule has 0 atom stereocenters. The van der Waals surface area contributed by atoms with Crippen LogP contribution in [0.25, 0.3) is 10.9 Å². The van der Waals surface area contributed by atoms with Crippen molar-refractivity contribution in [2.24, 2.45) is 5.92 Å². The molecule has 4 nitrogen and oxygen atoms in total. The predicted molar refractivity (Wildman–Crippen MR) is 90.1 cm³/mol. The number of hydrogen-bond acceptors (Lipinski definition) is 1. The van der Waals surface area contributed by atoms with Gasteiger partial charge < -0.3 is 15.2 Å². The maximum Gasteiger partial charge on any atom is 0.317 e. The van der Waals surface area contributed by atoms with Gasteiger partial charge in [-0.1, -0.05) is 25.1 Å². The minimum atomic E-state index is 0.0874. The maximum atomic E-state index is 12.2. The molecule has 0 bridgehead atoms. The summed E-state index contributed by atoms with van der Waals surface area (Å²) in [5, 5.41) is 4.34. The second kappa shape index (κ2) is 6.42. The zero-order valence-electron chi connectivity index (χ0n) is 13.5. The van der Waals surface area contributed by atoms with E-state index in [1.807, 2.05) is 11.0 Å². The van der Waals surface area contributed by atoms with Crippen LogP contribution in [0.4, 0.5) is 4.79 Å². The normalized spacial score (nSPS) is 16.2. The highest BCUT2D eigenvalue weighted by atomic mass is 16.2. The minimum absolute atomic E-state index is 0.0874. The highest BCUT2D eigenvalue weighted by Crippen LogP contribution is 2.22. The van der Waals surface area contributed by atoms with E-state index in [1.54, 1.807) is 0 Å². The number of carbonyl (C=O) groups excluding carboxylic acids is 1. The van der Waals surface area contributed by atoms with Crippen LogP contribution < -0.4 is 5.32 Å². The molecule has 1 aliphatic heterocycles. The number of aromatic amines is 1. The lowest BCUT2D eigenvalue weighted by Gasteiger charge is -2.30. The van der Waals surface area contributed by atoms with Gasteiger partial charge in [-0.3, -0.25) is 0 Å². The largest absolute Gasteiger partial charge is 0.358 e. The lowest BCUT2D eigenvalue weighted by atomic mass is 10.00. The fraction of sp³-hybridized carbons (Fsp3) is 0.500. The van der Waals surface area contributed by atoms with Crippen molar-refractivity contribution in [1.29, 1.82) is 0 Å². The maximum absolute atomic E-state index is 12.2. The van der Waals surface area contributed by atoms with Crippen molar-refractivity contribution in [3.63, 3.8) is 0 Å². The van der Waals surface area contributed by atoms with Gasteiger partial charge >= 0.3 is 6.03 Å². The summed E-state index contributed by atoms with van der Waals surface area (Å²) < 4.78 is 0. The number of urea groups is 1. The van der Waals surface area contributed by atoms with E-state index in [0.717, 1.165) is 38.3 Å². The molecule has 1 aromatic carbocycles. The number of amides is 2. The zero-order valence-corrected chi connectivity index (χ0v) is 13.5. The van der Waals surface area contributed by atoms with Crippen LogP contribution in [0, 0.1) is 12.8 Å². The van der Waals surface area contributed by atoms with Gasteiger partial charge in [0, 0.05) is 36.2 Å². The molecule has 22 heavy (non-hydrogen) atoms. The highest BCUT2D eigenvalue weighted by molar-refractivity contribution is 5.84. The molecule has 1 aromatic heterocycles. The first kappa shape index (κ1) is 14.9. The average Bonchev–Trinajstić information content (AvgIpc) is 2.84. The van der Waals surface area contributed by atoms with E-state index < -0.39 is 0 Å². The topological polar surface area (TPSA) is 48.1 Å². The average molecular weight is 299 g/mol. The van der Waals surface area contributed by atoms with Crippen LogP contribution in [0.2, 0.25) is 0 Å². The van der Waals surface area contributed by atoms with Crippen LogP contribution in [-0.4, -0.2) is 35.5 Å². The molecule has 1 fully saturated rings. The molecule has 2 N–H and O–H groups in total. The summed E-state index contributed by atoms with van der Waals surface area (Å²) >= 11 is 0. The molecule has 1 saturated heterocycles. The number of nitrogens with one attached hydrogen (secondary N) is 2. The Labute approximate surface area is 131 Å². The number of benzene rings is 1. The number of fused-ring (bicyclic) bond motifs is 1. The SMILES string of the molecule is Cc1[nH]c2ccccc2c1CCNC(=O)N1CCC(C)CC1. The molecule has 2 heterocycles. The molecular weight excluding hydrogens is 274 g/mol. The summed E-state index contributed by atoms with van der Waals surface area (Å²) in [6.45, 7) is 6.82. The van der Waals surface area contributed by atoms with E-state index in [4.69, 9.17) is 0 Å². The van der Waals surface area contributed by atoms with Gasteiger partial charge in [0.05, 0.1) is 0 Å². The minimum Gasteiger partial charge on any atom is -0.358 e. The summed E-state index contributed by atoms with van der Waals surface area (Å²) in [6, 6.07) is 8.43. The van der Waals surface area contributed by atoms with Gasteiger partial charge in [0.1, 0.15) is 0 Å². The summed E-state index contributed by atoms with van der Waals surface area (Å²) in [4.78, 5) is 17.5. The first-order valence-corrected chi connectivity index (χ1v) is 8.24.